The number of rotatable bonds is 8. The average Bonchev–Trinajstić information content (AvgIpc) is 3.01. The van der Waals surface area contributed by atoms with E-state index in [4.69, 9.17) is 4.74 Å². The molecule has 1 aliphatic heterocycles. The summed E-state index contributed by atoms with van der Waals surface area (Å²) in [6, 6.07) is 13.4. The molecule has 0 unspecified atom stereocenters. The number of hydrogen-bond acceptors (Lipinski definition) is 6. The number of carbonyl (C=O) groups excluding carboxylic acids is 2. The summed E-state index contributed by atoms with van der Waals surface area (Å²) in [4.78, 5) is 27.5. The second-order valence-corrected chi connectivity index (χ2v) is 12.6. The normalized spacial score (nSPS) is 18.1. The summed E-state index contributed by atoms with van der Waals surface area (Å²) >= 11 is 0. The van der Waals surface area contributed by atoms with Crippen molar-refractivity contribution in [1.82, 2.24) is 9.21 Å². The molecule has 1 heterocycles. The number of halogens is 2. The molecule has 0 saturated carbocycles. The quantitative estimate of drug-likeness (QED) is 0.350. The van der Waals surface area contributed by atoms with Gasteiger partial charge in [-0.1, -0.05) is 6.92 Å². The molecule has 3 aromatic rings. The highest BCUT2D eigenvalue weighted by atomic mass is 32.2. The van der Waals surface area contributed by atoms with Gasteiger partial charge >= 0.3 is 6.03 Å². The Morgan fingerprint density at radius 1 is 1.05 bits per heavy atom. The van der Waals surface area contributed by atoms with E-state index in [1.165, 1.54) is 48.3 Å². The van der Waals surface area contributed by atoms with E-state index in [0.29, 0.717) is 22.7 Å². The standard InChI is InChI=1S/C30H34F2N4O6S/c1-19-16-36(20(2)18-37)29(38)15-21-14-25(34-30(39)33-24-8-4-22(31)5-9-24)10-13-27(21)42-28(19)17-35(3)43(40,41)26-11-6-23(32)7-12-26/h4-14,19-20,28,37H,15-18H2,1-3H3,(H2,33,34,39)/t19-,20-,28+/m0/s1. The molecular formula is C30H34F2N4O6S. The number of benzene rings is 3. The van der Waals surface area contributed by atoms with Gasteiger partial charge in [0.15, 0.2) is 0 Å². The van der Waals surface area contributed by atoms with Crippen molar-refractivity contribution in [3.05, 3.63) is 83.9 Å². The molecule has 13 heteroatoms. The minimum Gasteiger partial charge on any atom is -0.488 e. The number of nitrogens with one attached hydrogen (secondary N) is 2. The summed E-state index contributed by atoms with van der Waals surface area (Å²) < 4.78 is 60.6. The van der Waals surface area contributed by atoms with Crippen LogP contribution in [0.1, 0.15) is 19.4 Å². The van der Waals surface area contributed by atoms with Crippen LogP contribution in [0, 0.1) is 17.6 Å². The summed E-state index contributed by atoms with van der Waals surface area (Å²) in [5, 5.41) is 15.1. The summed E-state index contributed by atoms with van der Waals surface area (Å²) in [5.74, 6) is -1.31. The third-order valence-corrected chi connectivity index (χ3v) is 9.07. The van der Waals surface area contributed by atoms with E-state index in [1.54, 1.807) is 25.1 Å². The predicted octanol–water partition coefficient (Wildman–Crippen LogP) is 4.08. The topological polar surface area (TPSA) is 128 Å². The molecule has 230 valence electrons. The number of carbonyl (C=O) groups is 2. The minimum absolute atomic E-state index is 0.0761. The first-order chi connectivity index (χ1) is 20.4. The molecular weight excluding hydrogens is 582 g/mol. The van der Waals surface area contributed by atoms with Crippen LogP contribution in [0.2, 0.25) is 0 Å². The number of nitrogens with zero attached hydrogens (tertiary/aromatic N) is 2. The van der Waals surface area contributed by atoms with Crippen LogP contribution in [0.25, 0.3) is 0 Å². The second kappa shape index (κ2) is 13.5. The molecule has 3 N–H and O–H groups in total. The zero-order chi connectivity index (χ0) is 31.3. The summed E-state index contributed by atoms with van der Waals surface area (Å²) in [7, 11) is -2.59. The number of fused-ring (bicyclic) bond motifs is 1. The molecule has 3 aromatic carbocycles. The van der Waals surface area contributed by atoms with Gasteiger partial charge < -0.3 is 25.4 Å². The number of hydrogen-bond donors (Lipinski definition) is 3. The van der Waals surface area contributed by atoms with Gasteiger partial charge in [-0.15, -0.1) is 0 Å². The maximum Gasteiger partial charge on any atom is 0.323 e. The van der Waals surface area contributed by atoms with Crippen molar-refractivity contribution < 1.29 is 36.6 Å². The number of likely N-dealkylation sites (N-methyl/N-ethyl adjacent to an activating group) is 1. The monoisotopic (exact) mass is 616 g/mol. The Bertz CT molecular complexity index is 1550. The number of ether oxygens (including phenoxy) is 1. The zero-order valence-corrected chi connectivity index (χ0v) is 24.8. The molecule has 0 radical (unpaired) electrons. The van der Waals surface area contributed by atoms with E-state index < -0.39 is 39.8 Å². The lowest BCUT2D eigenvalue weighted by molar-refractivity contribution is -0.134. The Kier molecular flexibility index (Phi) is 9.99. The van der Waals surface area contributed by atoms with Crippen LogP contribution in [0.15, 0.2) is 71.6 Å². The third kappa shape index (κ3) is 7.86. The maximum absolute atomic E-state index is 13.4. The van der Waals surface area contributed by atoms with Gasteiger partial charge in [0, 0.05) is 36.4 Å². The average molecular weight is 617 g/mol. The molecule has 0 bridgehead atoms. The number of sulfonamides is 1. The van der Waals surface area contributed by atoms with Gasteiger partial charge in [-0.25, -0.2) is 22.0 Å². The highest BCUT2D eigenvalue weighted by Crippen LogP contribution is 2.30. The lowest BCUT2D eigenvalue weighted by Gasteiger charge is -2.33. The lowest BCUT2D eigenvalue weighted by Crippen LogP contribution is -2.48. The van der Waals surface area contributed by atoms with Crippen LogP contribution >= 0.6 is 0 Å². The van der Waals surface area contributed by atoms with Gasteiger partial charge in [0.05, 0.1) is 30.5 Å². The summed E-state index contributed by atoms with van der Waals surface area (Å²) in [6.07, 6.45) is -0.823. The van der Waals surface area contributed by atoms with E-state index in [1.807, 2.05) is 6.92 Å². The van der Waals surface area contributed by atoms with Gasteiger partial charge in [-0.05, 0) is 73.7 Å². The fourth-order valence-corrected chi connectivity index (χ4v) is 5.87. The molecule has 10 nitrogen and oxygen atoms in total. The fraction of sp³-hybridized carbons (Fsp3) is 0.333. The van der Waals surface area contributed by atoms with Crippen molar-refractivity contribution in [2.45, 2.75) is 37.3 Å². The Hall–Kier alpha value is -4.07. The number of anilines is 2. The van der Waals surface area contributed by atoms with Crippen molar-refractivity contribution in [2.75, 3.05) is 37.4 Å². The predicted molar refractivity (Wildman–Crippen MR) is 157 cm³/mol. The summed E-state index contributed by atoms with van der Waals surface area (Å²) in [5.41, 5.74) is 1.18. The van der Waals surface area contributed by atoms with Crippen LogP contribution in [-0.4, -0.2) is 73.6 Å². The molecule has 43 heavy (non-hydrogen) atoms. The molecule has 0 aliphatic carbocycles. The van der Waals surface area contributed by atoms with Crippen molar-refractivity contribution in [3.63, 3.8) is 0 Å². The molecule has 4 rings (SSSR count). The highest BCUT2D eigenvalue weighted by molar-refractivity contribution is 7.89. The summed E-state index contributed by atoms with van der Waals surface area (Å²) in [6.45, 7) is 3.36. The van der Waals surface area contributed by atoms with E-state index >= 15 is 0 Å². The molecule has 1 aliphatic rings. The SMILES string of the molecule is C[C@H]1CN([C@@H](C)CO)C(=O)Cc2cc(NC(=O)Nc3ccc(F)cc3)ccc2O[C@@H]1CN(C)S(=O)(=O)c1ccc(F)cc1. The Morgan fingerprint density at radius 3 is 2.26 bits per heavy atom. The van der Waals surface area contributed by atoms with E-state index in [0.717, 1.165) is 16.4 Å². The highest BCUT2D eigenvalue weighted by Gasteiger charge is 2.33. The van der Waals surface area contributed by atoms with Crippen molar-refractivity contribution in [2.24, 2.45) is 5.92 Å². The van der Waals surface area contributed by atoms with Crippen molar-refractivity contribution in [3.8, 4) is 5.75 Å². The van der Waals surface area contributed by atoms with Crippen molar-refractivity contribution in [1.29, 1.82) is 0 Å². The Morgan fingerprint density at radius 2 is 1.63 bits per heavy atom. The first-order valence-electron chi connectivity index (χ1n) is 13.6. The largest absolute Gasteiger partial charge is 0.488 e. The Labute approximate surface area is 249 Å². The van der Waals surface area contributed by atoms with Gasteiger partial charge in [0.1, 0.15) is 23.5 Å². The smallest absolute Gasteiger partial charge is 0.323 e. The molecule has 3 amide bonds. The van der Waals surface area contributed by atoms with Crippen LogP contribution in [0.3, 0.4) is 0 Å². The Balaban J connectivity index is 1.61. The van der Waals surface area contributed by atoms with Crippen LogP contribution in [0.5, 0.6) is 5.75 Å². The zero-order valence-electron chi connectivity index (χ0n) is 24.0. The van der Waals surface area contributed by atoms with E-state index in [9.17, 15) is 31.9 Å². The van der Waals surface area contributed by atoms with Gasteiger partial charge in [-0.3, -0.25) is 4.79 Å². The number of urea groups is 1. The van der Waals surface area contributed by atoms with E-state index in [-0.39, 0.29) is 42.8 Å². The van der Waals surface area contributed by atoms with E-state index in [2.05, 4.69) is 10.6 Å². The van der Waals surface area contributed by atoms with Gasteiger partial charge in [0.2, 0.25) is 15.9 Å². The molecule has 0 spiro atoms. The van der Waals surface area contributed by atoms with Gasteiger partial charge in [0.25, 0.3) is 0 Å². The van der Waals surface area contributed by atoms with Gasteiger partial charge in [-0.2, -0.15) is 4.31 Å². The molecule has 3 atom stereocenters. The van der Waals surface area contributed by atoms with Crippen molar-refractivity contribution >= 4 is 33.3 Å². The number of amides is 3. The maximum atomic E-state index is 13.4. The molecule has 0 saturated heterocycles. The molecule has 0 fully saturated rings. The van der Waals surface area contributed by atoms with Crippen LogP contribution in [-0.2, 0) is 21.2 Å². The minimum atomic E-state index is -3.99. The third-order valence-electron chi connectivity index (χ3n) is 7.24. The second-order valence-electron chi connectivity index (χ2n) is 10.5. The van der Waals surface area contributed by atoms with Crippen LogP contribution in [0.4, 0.5) is 25.0 Å². The first-order valence-corrected chi connectivity index (χ1v) is 15.1. The first kappa shape index (κ1) is 31.9. The number of aliphatic hydroxyl groups excluding tert-OH is 1. The lowest BCUT2D eigenvalue weighted by atomic mass is 10.0. The fourth-order valence-electron chi connectivity index (χ4n) is 4.69. The number of aliphatic hydroxyl groups is 1. The molecule has 0 aromatic heterocycles. The van der Waals surface area contributed by atoms with Crippen LogP contribution < -0.4 is 15.4 Å².